The molecule has 0 aromatic heterocycles. The highest BCUT2D eigenvalue weighted by Gasteiger charge is 2.18. The van der Waals surface area contributed by atoms with E-state index >= 15 is 0 Å². The van der Waals surface area contributed by atoms with Gasteiger partial charge in [0.25, 0.3) is 0 Å². The van der Waals surface area contributed by atoms with Crippen LogP contribution in [0, 0.1) is 17.8 Å². The van der Waals surface area contributed by atoms with Crippen molar-refractivity contribution < 1.29 is 0 Å². The molecule has 3 atom stereocenters. The average molecular weight is 226 g/mol. The highest BCUT2D eigenvalue weighted by atomic mass is 14.9. The molecular weight excluding hydrogens is 196 g/mol. The van der Waals surface area contributed by atoms with Crippen LogP contribution in [0.3, 0.4) is 0 Å². The summed E-state index contributed by atoms with van der Waals surface area (Å²) in [7, 11) is 0. The summed E-state index contributed by atoms with van der Waals surface area (Å²) in [5, 5.41) is 3.73. The molecule has 1 rings (SSSR count). The van der Waals surface area contributed by atoms with Crippen molar-refractivity contribution in [3.8, 4) is 0 Å². The van der Waals surface area contributed by atoms with Gasteiger partial charge in [0, 0.05) is 6.04 Å². The third-order valence-electron chi connectivity index (χ3n) is 4.17. The van der Waals surface area contributed by atoms with Gasteiger partial charge >= 0.3 is 0 Å². The minimum Gasteiger partial charge on any atom is -0.330 e. The van der Waals surface area contributed by atoms with Crippen LogP contribution in [0.2, 0.25) is 0 Å². The van der Waals surface area contributed by atoms with E-state index in [0.717, 1.165) is 25.0 Å². The summed E-state index contributed by atoms with van der Waals surface area (Å²) in [5.41, 5.74) is 5.80. The highest BCUT2D eigenvalue weighted by molar-refractivity contribution is 4.76. The zero-order chi connectivity index (χ0) is 12.0. The van der Waals surface area contributed by atoms with Crippen molar-refractivity contribution in [1.29, 1.82) is 0 Å². The van der Waals surface area contributed by atoms with Gasteiger partial charge in [-0.15, -0.1) is 0 Å². The maximum atomic E-state index is 5.80. The summed E-state index contributed by atoms with van der Waals surface area (Å²) in [6.07, 6.45) is 6.93. The van der Waals surface area contributed by atoms with Gasteiger partial charge in [-0.25, -0.2) is 0 Å². The van der Waals surface area contributed by atoms with E-state index in [1.54, 1.807) is 0 Å². The smallest absolute Gasteiger partial charge is 0.00672 e. The zero-order valence-electron chi connectivity index (χ0n) is 11.3. The van der Waals surface area contributed by atoms with Gasteiger partial charge in [-0.2, -0.15) is 0 Å². The first-order chi connectivity index (χ1) is 7.63. The van der Waals surface area contributed by atoms with Crippen molar-refractivity contribution >= 4 is 0 Å². The van der Waals surface area contributed by atoms with E-state index in [9.17, 15) is 0 Å². The van der Waals surface area contributed by atoms with Crippen molar-refractivity contribution in [3.63, 3.8) is 0 Å². The Kier molecular flexibility index (Phi) is 6.37. The molecule has 0 saturated heterocycles. The average Bonchev–Trinajstić information content (AvgIpc) is 2.44. The number of nitrogens with one attached hydrogen (secondary N) is 1. The lowest BCUT2D eigenvalue weighted by Crippen LogP contribution is -2.37. The van der Waals surface area contributed by atoms with Gasteiger partial charge in [-0.3, -0.25) is 0 Å². The van der Waals surface area contributed by atoms with Gasteiger partial charge in [0.1, 0.15) is 0 Å². The van der Waals surface area contributed by atoms with E-state index in [0.29, 0.717) is 11.8 Å². The molecule has 2 heteroatoms. The monoisotopic (exact) mass is 226 g/mol. The Hall–Kier alpha value is -0.0800. The normalized spacial score (nSPS) is 29.1. The minimum absolute atomic E-state index is 0.640. The first-order valence-corrected chi connectivity index (χ1v) is 7.07. The van der Waals surface area contributed by atoms with Gasteiger partial charge < -0.3 is 11.1 Å². The Morgan fingerprint density at radius 3 is 2.56 bits per heavy atom. The lowest BCUT2D eigenvalue weighted by molar-refractivity contribution is 0.336. The summed E-state index contributed by atoms with van der Waals surface area (Å²) in [4.78, 5) is 0. The Bertz CT molecular complexity index is 180. The molecule has 1 aliphatic rings. The molecule has 0 bridgehead atoms. The van der Waals surface area contributed by atoms with Crippen molar-refractivity contribution in [2.75, 3.05) is 13.1 Å². The molecule has 1 aliphatic carbocycles. The van der Waals surface area contributed by atoms with E-state index in [1.165, 1.54) is 32.1 Å². The fourth-order valence-electron chi connectivity index (χ4n) is 2.60. The molecule has 96 valence electrons. The fraction of sp³-hybridized carbons (Fsp3) is 1.00. The van der Waals surface area contributed by atoms with Gasteiger partial charge in [0.2, 0.25) is 0 Å². The summed E-state index contributed by atoms with van der Waals surface area (Å²) < 4.78 is 0. The second-order valence-corrected chi connectivity index (χ2v) is 5.96. The quantitative estimate of drug-likeness (QED) is 0.707. The molecule has 3 unspecified atom stereocenters. The van der Waals surface area contributed by atoms with Gasteiger partial charge in [-0.1, -0.05) is 33.6 Å². The molecule has 0 radical (unpaired) electrons. The highest BCUT2D eigenvalue weighted by Crippen LogP contribution is 2.22. The standard InChI is InChI=1S/C14H30N2/c1-11(2)13(9-15)10-16-14-6-4-5-12(3)7-8-14/h11-14,16H,4-10,15H2,1-3H3. The molecule has 16 heavy (non-hydrogen) atoms. The van der Waals surface area contributed by atoms with Gasteiger partial charge in [0.05, 0.1) is 0 Å². The molecular formula is C14H30N2. The summed E-state index contributed by atoms with van der Waals surface area (Å²) in [5.74, 6) is 2.27. The minimum atomic E-state index is 0.640. The lowest BCUT2D eigenvalue weighted by Gasteiger charge is -2.23. The van der Waals surface area contributed by atoms with E-state index in [4.69, 9.17) is 5.73 Å². The van der Waals surface area contributed by atoms with Crippen molar-refractivity contribution in [1.82, 2.24) is 5.32 Å². The topological polar surface area (TPSA) is 38.0 Å². The SMILES string of the molecule is CC1CCCC(NCC(CN)C(C)C)CC1. The molecule has 1 fully saturated rings. The molecule has 0 amide bonds. The number of hydrogen-bond acceptors (Lipinski definition) is 2. The Balaban J connectivity index is 2.25. The van der Waals surface area contributed by atoms with Crippen LogP contribution in [0.1, 0.15) is 52.9 Å². The third-order valence-corrected chi connectivity index (χ3v) is 4.17. The number of rotatable bonds is 5. The molecule has 0 heterocycles. The molecule has 2 nitrogen and oxygen atoms in total. The predicted octanol–water partition coefficient (Wildman–Crippen LogP) is 2.78. The molecule has 3 N–H and O–H groups in total. The van der Waals surface area contributed by atoms with E-state index < -0.39 is 0 Å². The van der Waals surface area contributed by atoms with E-state index in [1.807, 2.05) is 0 Å². The molecule has 1 saturated carbocycles. The van der Waals surface area contributed by atoms with Crippen molar-refractivity contribution in [3.05, 3.63) is 0 Å². The number of hydrogen-bond donors (Lipinski definition) is 2. The fourth-order valence-corrected chi connectivity index (χ4v) is 2.60. The molecule has 0 aliphatic heterocycles. The van der Waals surface area contributed by atoms with Crippen LogP contribution in [0.25, 0.3) is 0 Å². The summed E-state index contributed by atoms with van der Waals surface area (Å²) in [6, 6.07) is 0.748. The van der Waals surface area contributed by atoms with Gasteiger partial charge in [-0.05, 0) is 50.1 Å². The third kappa shape index (κ3) is 4.84. The Morgan fingerprint density at radius 2 is 1.94 bits per heavy atom. The second kappa shape index (κ2) is 7.29. The largest absolute Gasteiger partial charge is 0.330 e. The zero-order valence-corrected chi connectivity index (χ0v) is 11.3. The van der Waals surface area contributed by atoms with Crippen LogP contribution < -0.4 is 11.1 Å². The van der Waals surface area contributed by atoms with Crippen LogP contribution in [0.4, 0.5) is 0 Å². The summed E-state index contributed by atoms with van der Waals surface area (Å²) >= 11 is 0. The van der Waals surface area contributed by atoms with Crippen LogP contribution in [-0.4, -0.2) is 19.1 Å². The van der Waals surface area contributed by atoms with E-state index in [2.05, 4.69) is 26.1 Å². The molecule has 0 spiro atoms. The van der Waals surface area contributed by atoms with Crippen LogP contribution in [0.15, 0.2) is 0 Å². The predicted molar refractivity (Wildman–Crippen MR) is 71.4 cm³/mol. The maximum Gasteiger partial charge on any atom is 0.00672 e. The van der Waals surface area contributed by atoms with Crippen LogP contribution >= 0.6 is 0 Å². The molecule has 0 aromatic rings. The first kappa shape index (κ1) is 14.0. The number of nitrogens with two attached hydrogens (primary N) is 1. The summed E-state index contributed by atoms with van der Waals surface area (Å²) in [6.45, 7) is 8.85. The van der Waals surface area contributed by atoms with Crippen molar-refractivity contribution in [2.24, 2.45) is 23.5 Å². The Labute approximate surface area is 101 Å². The lowest BCUT2D eigenvalue weighted by atomic mass is 9.95. The van der Waals surface area contributed by atoms with E-state index in [-0.39, 0.29) is 0 Å². The molecule has 0 aromatic carbocycles. The van der Waals surface area contributed by atoms with Gasteiger partial charge in [0.15, 0.2) is 0 Å². The second-order valence-electron chi connectivity index (χ2n) is 5.96. The Morgan fingerprint density at radius 1 is 1.19 bits per heavy atom. The van der Waals surface area contributed by atoms with Crippen LogP contribution in [0.5, 0.6) is 0 Å². The van der Waals surface area contributed by atoms with Crippen molar-refractivity contribution in [2.45, 2.75) is 58.9 Å². The maximum absolute atomic E-state index is 5.80. The van der Waals surface area contributed by atoms with Crippen LogP contribution in [-0.2, 0) is 0 Å². The first-order valence-electron chi connectivity index (χ1n) is 7.07.